The standard InChI is InChI=1S/C15H19F3O2/c1-10(2)12(19)20-13(15(16,17)18)14(3,4)11-8-6-5-7-9-11/h5-10,13H,1-4H3/t13-/m0/s1. The molecular weight excluding hydrogens is 269 g/mol. The van der Waals surface area contributed by atoms with Crippen molar-refractivity contribution in [3.63, 3.8) is 0 Å². The van der Waals surface area contributed by atoms with Gasteiger partial charge in [-0.25, -0.2) is 0 Å². The van der Waals surface area contributed by atoms with E-state index in [1.54, 1.807) is 30.3 Å². The predicted octanol–water partition coefficient (Wildman–Crippen LogP) is 4.09. The molecule has 0 spiro atoms. The minimum atomic E-state index is -4.62. The van der Waals surface area contributed by atoms with Crippen molar-refractivity contribution in [3.8, 4) is 0 Å². The van der Waals surface area contributed by atoms with Gasteiger partial charge in [0.15, 0.2) is 0 Å². The normalized spacial score (nSPS) is 14.2. The number of rotatable bonds is 4. The second-order valence-corrected chi connectivity index (χ2v) is 5.60. The van der Waals surface area contributed by atoms with Crippen molar-refractivity contribution >= 4 is 5.97 Å². The fraction of sp³-hybridized carbons (Fsp3) is 0.533. The Hall–Kier alpha value is -1.52. The van der Waals surface area contributed by atoms with Crippen LogP contribution in [0.3, 0.4) is 0 Å². The molecule has 0 saturated carbocycles. The Morgan fingerprint density at radius 3 is 2.00 bits per heavy atom. The number of ether oxygens (including phenoxy) is 1. The Morgan fingerprint density at radius 2 is 1.60 bits per heavy atom. The maximum atomic E-state index is 13.2. The van der Waals surface area contributed by atoms with Gasteiger partial charge in [0.05, 0.1) is 5.92 Å². The van der Waals surface area contributed by atoms with Crippen LogP contribution in [0.15, 0.2) is 30.3 Å². The number of hydrogen-bond acceptors (Lipinski definition) is 2. The van der Waals surface area contributed by atoms with E-state index in [2.05, 4.69) is 0 Å². The molecule has 0 amide bonds. The van der Waals surface area contributed by atoms with E-state index in [4.69, 9.17) is 4.74 Å². The van der Waals surface area contributed by atoms with E-state index in [9.17, 15) is 18.0 Å². The van der Waals surface area contributed by atoms with Crippen LogP contribution in [-0.2, 0) is 14.9 Å². The van der Waals surface area contributed by atoms with Crippen LogP contribution < -0.4 is 0 Å². The molecule has 0 radical (unpaired) electrons. The number of carbonyl (C=O) groups excluding carboxylic acids is 1. The van der Waals surface area contributed by atoms with E-state index in [0.717, 1.165) is 0 Å². The summed E-state index contributed by atoms with van der Waals surface area (Å²) in [6.07, 6.45) is -6.79. The third-order valence-electron chi connectivity index (χ3n) is 3.18. The molecule has 0 aromatic heterocycles. The lowest BCUT2D eigenvalue weighted by molar-refractivity contribution is -0.237. The highest BCUT2D eigenvalue weighted by atomic mass is 19.4. The van der Waals surface area contributed by atoms with Crippen LogP contribution in [-0.4, -0.2) is 18.2 Å². The van der Waals surface area contributed by atoms with Crippen LogP contribution in [0.25, 0.3) is 0 Å². The molecule has 20 heavy (non-hydrogen) atoms. The molecule has 1 aromatic carbocycles. The number of benzene rings is 1. The largest absolute Gasteiger partial charge is 0.452 e. The van der Waals surface area contributed by atoms with E-state index in [1.165, 1.54) is 27.7 Å². The molecule has 1 rings (SSSR count). The molecular formula is C15H19F3O2. The fourth-order valence-electron chi connectivity index (χ4n) is 1.89. The van der Waals surface area contributed by atoms with Crippen LogP contribution in [0, 0.1) is 5.92 Å². The lowest BCUT2D eigenvalue weighted by Gasteiger charge is -2.35. The van der Waals surface area contributed by atoms with Gasteiger partial charge in [0.25, 0.3) is 0 Å². The minimum absolute atomic E-state index is 0.471. The maximum Gasteiger partial charge on any atom is 0.426 e. The smallest absolute Gasteiger partial charge is 0.426 e. The Kier molecular flexibility index (Phi) is 4.84. The summed E-state index contributed by atoms with van der Waals surface area (Å²) in [5, 5.41) is 0. The number of halogens is 3. The summed E-state index contributed by atoms with van der Waals surface area (Å²) in [5.74, 6) is -1.46. The topological polar surface area (TPSA) is 26.3 Å². The van der Waals surface area contributed by atoms with Crippen LogP contribution in [0.1, 0.15) is 33.3 Å². The van der Waals surface area contributed by atoms with Crippen LogP contribution in [0.2, 0.25) is 0 Å². The first-order chi connectivity index (χ1) is 9.06. The number of carbonyl (C=O) groups is 1. The monoisotopic (exact) mass is 288 g/mol. The molecule has 1 aromatic rings. The maximum absolute atomic E-state index is 13.2. The van der Waals surface area contributed by atoms with Crippen molar-refractivity contribution in [2.45, 2.75) is 45.4 Å². The lowest BCUT2D eigenvalue weighted by atomic mass is 9.79. The van der Waals surface area contributed by atoms with E-state index in [-0.39, 0.29) is 0 Å². The van der Waals surface area contributed by atoms with Gasteiger partial charge in [-0.15, -0.1) is 0 Å². The molecule has 0 bridgehead atoms. The van der Waals surface area contributed by atoms with Gasteiger partial charge >= 0.3 is 12.1 Å². The second-order valence-electron chi connectivity index (χ2n) is 5.60. The zero-order valence-electron chi connectivity index (χ0n) is 12.0. The highest BCUT2D eigenvalue weighted by Gasteiger charge is 2.52. The highest BCUT2D eigenvalue weighted by molar-refractivity contribution is 5.72. The third kappa shape index (κ3) is 3.74. The molecule has 0 heterocycles. The summed E-state index contributed by atoms with van der Waals surface area (Å²) in [6, 6.07) is 8.25. The number of hydrogen-bond donors (Lipinski definition) is 0. The SMILES string of the molecule is CC(C)C(=O)O[C@H](C(F)(F)F)C(C)(C)c1ccccc1. The zero-order chi connectivity index (χ0) is 15.6. The predicted molar refractivity (Wildman–Crippen MR) is 70.2 cm³/mol. The van der Waals surface area contributed by atoms with Gasteiger partial charge in [-0.3, -0.25) is 4.79 Å². The first kappa shape index (κ1) is 16.5. The van der Waals surface area contributed by atoms with E-state index < -0.39 is 29.6 Å². The summed E-state index contributed by atoms with van der Waals surface area (Å²) in [7, 11) is 0. The third-order valence-corrected chi connectivity index (χ3v) is 3.18. The van der Waals surface area contributed by atoms with Crippen molar-refractivity contribution in [1.29, 1.82) is 0 Å². The van der Waals surface area contributed by atoms with Gasteiger partial charge in [-0.1, -0.05) is 58.0 Å². The second kappa shape index (κ2) is 5.85. The van der Waals surface area contributed by atoms with Gasteiger partial charge in [-0.05, 0) is 5.56 Å². The van der Waals surface area contributed by atoms with Gasteiger partial charge < -0.3 is 4.74 Å². The zero-order valence-corrected chi connectivity index (χ0v) is 12.0. The molecule has 5 heteroatoms. The average Bonchev–Trinajstić information content (AvgIpc) is 2.34. The van der Waals surface area contributed by atoms with Crippen molar-refractivity contribution in [2.75, 3.05) is 0 Å². The van der Waals surface area contributed by atoms with Gasteiger partial charge in [0.2, 0.25) is 6.10 Å². The van der Waals surface area contributed by atoms with Crippen LogP contribution >= 0.6 is 0 Å². The number of alkyl halides is 3. The van der Waals surface area contributed by atoms with Crippen molar-refractivity contribution in [2.24, 2.45) is 5.92 Å². The van der Waals surface area contributed by atoms with Crippen molar-refractivity contribution < 1.29 is 22.7 Å². The summed E-state index contributed by atoms with van der Waals surface area (Å²) in [5.41, 5.74) is -0.886. The molecule has 1 atom stereocenters. The molecule has 0 saturated heterocycles. The Balaban J connectivity index is 3.14. The number of esters is 1. The molecule has 2 nitrogen and oxygen atoms in total. The Morgan fingerprint density at radius 1 is 1.10 bits per heavy atom. The average molecular weight is 288 g/mol. The fourth-order valence-corrected chi connectivity index (χ4v) is 1.89. The Labute approximate surface area is 116 Å². The lowest BCUT2D eigenvalue weighted by Crippen LogP contribution is -2.48. The molecule has 0 aliphatic carbocycles. The quantitative estimate of drug-likeness (QED) is 0.780. The molecule has 112 valence electrons. The van der Waals surface area contributed by atoms with Gasteiger partial charge in [0.1, 0.15) is 0 Å². The summed E-state index contributed by atoms with van der Waals surface area (Å²) in [4.78, 5) is 11.6. The van der Waals surface area contributed by atoms with Gasteiger partial charge in [0, 0.05) is 5.41 Å². The molecule has 0 unspecified atom stereocenters. The summed E-state index contributed by atoms with van der Waals surface area (Å²) >= 11 is 0. The van der Waals surface area contributed by atoms with Crippen LogP contribution in [0.5, 0.6) is 0 Å². The van der Waals surface area contributed by atoms with Crippen molar-refractivity contribution in [1.82, 2.24) is 0 Å². The first-order valence-corrected chi connectivity index (χ1v) is 6.39. The molecule has 0 aliphatic heterocycles. The minimum Gasteiger partial charge on any atom is -0.452 e. The van der Waals surface area contributed by atoms with E-state index in [0.29, 0.717) is 5.56 Å². The summed E-state index contributed by atoms with van der Waals surface area (Å²) in [6.45, 7) is 5.86. The van der Waals surface area contributed by atoms with Gasteiger partial charge in [-0.2, -0.15) is 13.2 Å². The van der Waals surface area contributed by atoms with E-state index in [1.807, 2.05) is 0 Å². The Bertz CT molecular complexity index is 450. The molecule has 0 N–H and O–H groups in total. The van der Waals surface area contributed by atoms with Crippen molar-refractivity contribution in [3.05, 3.63) is 35.9 Å². The van der Waals surface area contributed by atoms with E-state index >= 15 is 0 Å². The highest BCUT2D eigenvalue weighted by Crippen LogP contribution is 2.39. The van der Waals surface area contributed by atoms with Crippen LogP contribution in [0.4, 0.5) is 13.2 Å². The molecule has 0 fully saturated rings. The first-order valence-electron chi connectivity index (χ1n) is 6.39. The molecule has 0 aliphatic rings. The summed E-state index contributed by atoms with van der Waals surface area (Å²) < 4.78 is 44.5.